The van der Waals surface area contributed by atoms with E-state index in [4.69, 9.17) is 23.4 Å². The molecule has 2 aromatic carbocycles. The average molecular weight is 485 g/mol. The number of rotatable bonds is 7. The summed E-state index contributed by atoms with van der Waals surface area (Å²) in [5.74, 6) is 3.58. The van der Waals surface area contributed by atoms with Crippen LogP contribution < -0.4 is 23.4 Å². The summed E-state index contributed by atoms with van der Waals surface area (Å²) in [6.07, 6.45) is 6.49. The number of ether oxygens (including phenoxy) is 4. The molecule has 0 radical (unpaired) electrons. The molecule has 0 aliphatic heterocycles. The van der Waals surface area contributed by atoms with E-state index >= 15 is 0 Å². The van der Waals surface area contributed by atoms with Crippen LogP contribution in [0.4, 0.5) is 0 Å². The molecule has 0 spiro atoms. The van der Waals surface area contributed by atoms with Crippen LogP contribution in [0.25, 0.3) is 5.57 Å². The van der Waals surface area contributed by atoms with Gasteiger partial charge in [0.05, 0.1) is 28.4 Å². The smallest absolute Gasteiger partial charge is 0.250 e. The second-order valence-corrected chi connectivity index (χ2v) is 15.0. The lowest BCUT2D eigenvalue weighted by atomic mass is 9.87. The molecule has 0 N–H and O–H groups in total. The summed E-state index contributed by atoms with van der Waals surface area (Å²) in [5, 5.41) is 0.0811. The zero-order valence-electron chi connectivity index (χ0n) is 22.3. The van der Waals surface area contributed by atoms with Gasteiger partial charge in [0.25, 0.3) is 8.32 Å². The maximum atomic E-state index is 6.91. The molecule has 0 aromatic heterocycles. The molecule has 6 heteroatoms. The van der Waals surface area contributed by atoms with Gasteiger partial charge in [-0.05, 0) is 78.7 Å². The van der Waals surface area contributed by atoms with E-state index in [-0.39, 0.29) is 5.04 Å². The summed E-state index contributed by atoms with van der Waals surface area (Å²) in [4.78, 5) is 0. The molecule has 0 saturated carbocycles. The summed E-state index contributed by atoms with van der Waals surface area (Å²) in [7, 11) is 4.57. The van der Waals surface area contributed by atoms with Gasteiger partial charge in [-0.1, -0.05) is 32.9 Å². The third kappa shape index (κ3) is 5.07. The molecule has 0 fully saturated rings. The molecule has 0 saturated heterocycles. The number of hydrogen-bond donors (Lipinski definition) is 0. The quantitative estimate of drug-likeness (QED) is 0.387. The fourth-order valence-corrected chi connectivity index (χ4v) is 5.14. The third-order valence-corrected chi connectivity index (χ3v) is 11.4. The zero-order valence-corrected chi connectivity index (χ0v) is 23.3. The molecule has 0 amide bonds. The Balaban J connectivity index is 2.24. The van der Waals surface area contributed by atoms with Crippen LogP contribution in [0.5, 0.6) is 28.7 Å². The first-order valence-electron chi connectivity index (χ1n) is 12.0. The molecule has 186 valence electrons. The second kappa shape index (κ2) is 10.3. The van der Waals surface area contributed by atoms with Crippen LogP contribution in [0.15, 0.2) is 30.3 Å². The van der Waals surface area contributed by atoms with Crippen LogP contribution in [0.1, 0.15) is 56.7 Å². The maximum absolute atomic E-state index is 6.91. The van der Waals surface area contributed by atoms with E-state index < -0.39 is 8.32 Å². The Morgan fingerprint density at radius 1 is 0.765 bits per heavy atom. The van der Waals surface area contributed by atoms with Crippen LogP contribution in [0, 0.1) is 0 Å². The minimum absolute atomic E-state index is 0.0811. The van der Waals surface area contributed by atoms with E-state index in [9.17, 15) is 0 Å². The van der Waals surface area contributed by atoms with Crippen LogP contribution in [-0.2, 0) is 6.42 Å². The molecule has 0 unspecified atom stereocenters. The Kier molecular flexibility index (Phi) is 7.91. The van der Waals surface area contributed by atoms with Crippen molar-refractivity contribution in [1.82, 2.24) is 0 Å². The Bertz CT molecular complexity index is 1020. The predicted molar refractivity (Wildman–Crippen MR) is 142 cm³/mol. The lowest BCUT2D eigenvalue weighted by molar-refractivity contribution is 0.324. The lowest BCUT2D eigenvalue weighted by Gasteiger charge is -2.38. The van der Waals surface area contributed by atoms with Crippen molar-refractivity contribution in [3.05, 3.63) is 47.0 Å². The minimum atomic E-state index is -2.08. The van der Waals surface area contributed by atoms with E-state index in [2.05, 4.69) is 46.0 Å². The highest BCUT2D eigenvalue weighted by Gasteiger charge is 2.40. The molecule has 2 aromatic rings. The van der Waals surface area contributed by atoms with E-state index in [1.54, 1.807) is 28.4 Å². The minimum Gasteiger partial charge on any atom is -0.541 e. The molecule has 0 bridgehead atoms. The van der Waals surface area contributed by atoms with Crippen molar-refractivity contribution in [2.75, 3.05) is 28.4 Å². The summed E-state index contributed by atoms with van der Waals surface area (Å²) >= 11 is 0. The van der Waals surface area contributed by atoms with Crippen molar-refractivity contribution in [1.29, 1.82) is 0 Å². The van der Waals surface area contributed by atoms with E-state index in [0.717, 1.165) is 48.3 Å². The number of methoxy groups -OCH3 is 4. The van der Waals surface area contributed by atoms with Gasteiger partial charge < -0.3 is 23.4 Å². The molecule has 3 rings (SSSR count). The highest BCUT2D eigenvalue weighted by molar-refractivity contribution is 6.74. The van der Waals surface area contributed by atoms with Gasteiger partial charge in [0.15, 0.2) is 17.2 Å². The van der Waals surface area contributed by atoms with E-state index in [1.165, 1.54) is 11.1 Å². The molecule has 1 aliphatic carbocycles. The molecule has 0 atom stereocenters. The van der Waals surface area contributed by atoms with Crippen molar-refractivity contribution >= 4 is 13.9 Å². The number of fused-ring (bicyclic) bond motifs is 1. The monoisotopic (exact) mass is 484 g/mol. The van der Waals surface area contributed by atoms with Gasteiger partial charge in [-0.15, -0.1) is 0 Å². The Morgan fingerprint density at radius 3 is 1.91 bits per heavy atom. The van der Waals surface area contributed by atoms with Crippen molar-refractivity contribution in [3.8, 4) is 28.7 Å². The Labute approximate surface area is 206 Å². The standard InChI is InChI=1S/C28H40O5Si/c1-28(2,3)34(8,9)33-26-22-14-12-10-11-13-20(21(22)15-16-23(26)29-4)19-17-24(30-5)27(32-7)25(18-19)31-6/h13,15-18H,10-12,14H2,1-9H3/b20-13-. The summed E-state index contributed by atoms with van der Waals surface area (Å²) < 4.78 is 29.6. The normalized spacial score (nSPS) is 15.9. The van der Waals surface area contributed by atoms with Crippen molar-refractivity contribution in [2.24, 2.45) is 0 Å². The van der Waals surface area contributed by atoms with Gasteiger partial charge in [0.1, 0.15) is 5.75 Å². The summed E-state index contributed by atoms with van der Waals surface area (Å²) in [6.45, 7) is 11.4. The average Bonchev–Trinajstić information content (AvgIpc) is 2.78. The third-order valence-electron chi connectivity index (χ3n) is 7.10. The maximum Gasteiger partial charge on any atom is 0.250 e. The predicted octanol–water partition coefficient (Wildman–Crippen LogP) is 7.26. The second-order valence-electron chi connectivity index (χ2n) is 10.3. The fraction of sp³-hybridized carbons (Fsp3) is 0.500. The van der Waals surface area contributed by atoms with Crippen molar-refractivity contribution < 1.29 is 23.4 Å². The first-order valence-corrected chi connectivity index (χ1v) is 14.9. The molecule has 34 heavy (non-hydrogen) atoms. The van der Waals surface area contributed by atoms with Crippen molar-refractivity contribution in [2.45, 2.75) is 64.6 Å². The number of benzene rings is 2. The number of allylic oxidation sites excluding steroid dienone is 1. The molecule has 0 heterocycles. The SMILES string of the molecule is COc1cc(/C2=C/CCCCc3c2ccc(OC)c3O[Si](C)(C)C(C)(C)C)cc(OC)c1OC. The molecular formula is C28H40O5Si. The topological polar surface area (TPSA) is 46.2 Å². The summed E-state index contributed by atoms with van der Waals surface area (Å²) in [5.41, 5.74) is 4.56. The van der Waals surface area contributed by atoms with Gasteiger partial charge in [0, 0.05) is 5.56 Å². The van der Waals surface area contributed by atoms with E-state index in [0.29, 0.717) is 17.2 Å². The van der Waals surface area contributed by atoms with Crippen LogP contribution in [0.2, 0.25) is 18.1 Å². The largest absolute Gasteiger partial charge is 0.541 e. The molecule has 5 nitrogen and oxygen atoms in total. The van der Waals surface area contributed by atoms with Gasteiger partial charge >= 0.3 is 0 Å². The summed E-state index contributed by atoms with van der Waals surface area (Å²) in [6, 6.07) is 8.25. The fourth-order valence-electron chi connectivity index (χ4n) is 4.10. The molecule has 1 aliphatic rings. The highest BCUT2D eigenvalue weighted by Crippen LogP contribution is 2.47. The highest BCUT2D eigenvalue weighted by atomic mass is 28.4. The Hall–Kier alpha value is -2.60. The Morgan fingerprint density at radius 2 is 1.38 bits per heavy atom. The van der Waals surface area contributed by atoms with Gasteiger partial charge in [0.2, 0.25) is 5.75 Å². The number of hydrogen-bond acceptors (Lipinski definition) is 5. The first-order chi connectivity index (χ1) is 16.1. The van der Waals surface area contributed by atoms with E-state index in [1.807, 2.05) is 18.2 Å². The van der Waals surface area contributed by atoms with Crippen LogP contribution in [0.3, 0.4) is 0 Å². The zero-order chi connectivity index (χ0) is 25.1. The lowest BCUT2D eigenvalue weighted by Crippen LogP contribution is -2.44. The van der Waals surface area contributed by atoms with Crippen LogP contribution in [-0.4, -0.2) is 36.8 Å². The van der Waals surface area contributed by atoms with Crippen molar-refractivity contribution in [3.63, 3.8) is 0 Å². The van der Waals surface area contributed by atoms with Gasteiger partial charge in [-0.2, -0.15) is 0 Å². The first kappa shape index (κ1) is 26.0. The van der Waals surface area contributed by atoms with Gasteiger partial charge in [-0.3, -0.25) is 0 Å². The van der Waals surface area contributed by atoms with Gasteiger partial charge in [-0.25, -0.2) is 0 Å². The van der Waals surface area contributed by atoms with Crippen LogP contribution >= 0.6 is 0 Å². The molecular weight excluding hydrogens is 444 g/mol.